The number of thiocarbonyl (C=S) groups is 1. The summed E-state index contributed by atoms with van der Waals surface area (Å²) in [5.41, 5.74) is 0.882. The van der Waals surface area contributed by atoms with E-state index in [0.29, 0.717) is 5.88 Å². The van der Waals surface area contributed by atoms with Gasteiger partial charge in [-0.3, -0.25) is 0 Å². The van der Waals surface area contributed by atoms with Gasteiger partial charge in [0.15, 0.2) is 5.11 Å². The summed E-state index contributed by atoms with van der Waals surface area (Å²) in [4.78, 5) is 6.15. The van der Waals surface area contributed by atoms with Crippen molar-refractivity contribution in [3.05, 3.63) is 24.8 Å². The van der Waals surface area contributed by atoms with E-state index in [2.05, 4.69) is 21.6 Å². The molecular formula is C10H12N3OS. The molecule has 0 aromatic carbocycles. The lowest BCUT2D eigenvalue weighted by Gasteiger charge is -2.33. The molecule has 0 amide bonds. The first-order valence-corrected chi connectivity index (χ1v) is 5.08. The number of anilines is 1. The summed E-state index contributed by atoms with van der Waals surface area (Å²) >= 11 is 5.21. The number of ether oxygens (including phenoxy) is 1. The molecule has 2 heterocycles. The number of aromatic nitrogens is 1. The molecule has 0 spiro atoms. The highest BCUT2D eigenvalue weighted by molar-refractivity contribution is 7.80. The van der Waals surface area contributed by atoms with E-state index >= 15 is 0 Å². The molecule has 1 aliphatic rings. The number of methoxy groups -OCH3 is 1. The van der Waals surface area contributed by atoms with Crippen LogP contribution in [0.25, 0.3) is 0 Å². The Morgan fingerprint density at radius 3 is 2.80 bits per heavy atom. The van der Waals surface area contributed by atoms with Gasteiger partial charge < -0.3 is 15.0 Å². The fourth-order valence-electron chi connectivity index (χ4n) is 1.20. The predicted molar refractivity (Wildman–Crippen MR) is 62.9 cm³/mol. The molecule has 0 atom stereocenters. The van der Waals surface area contributed by atoms with Crippen molar-refractivity contribution in [2.45, 2.75) is 0 Å². The molecule has 1 saturated heterocycles. The van der Waals surface area contributed by atoms with Crippen molar-refractivity contribution >= 4 is 23.0 Å². The van der Waals surface area contributed by atoms with Crippen molar-refractivity contribution in [2.24, 2.45) is 0 Å². The fraction of sp³-hybridized carbons (Fsp3) is 0.300. The summed E-state index contributed by atoms with van der Waals surface area (Å²) < 4.78 is 4.97. The Bertz CT molecular complexity index is 348. The quantitative estimate of drug-likeness (QED) is 0.764. The van der Waals surface area contributed by atoms with Gasteiger partial charge in [-0.25, -0.2) is 4.98 Å². The van der Waals surface area contributed by atoms with Gasteiger partial charge in [0.25, 0.3) is 0 Å². The highest BCUT2D eigenvalue weighted by Gasteiger charge is 2.16. The van der Waals surface area contributed by atoms with Crippen LogP contribution in [0.5, 0.6) is 5.88 Å². The zero-order chi connectivity index (χ0) is 10.7. The number of nitrogens with zero attached hydrogens (tertiary/aromatic N) is 2. The maximum atomic E-state index is 5.21. The zero-order valence-corrected chi connectivity index (χ0v) is 9.25. The monoisotopic (exact) mass is 222 g/mol. The number of rotatable bonds is 2. The van der Waals surface area contributed by atoms with E-state index in [4.69, 9.17) is 17.0 Å². The van der Waals surface area contributed by atoms with Crippen LogP contribution in [0.15, 0.2) is 18.3 Å². The van der Waals surface area contributed by atoms with E-state index < -0.39 is 0 Å². The SMILES string of the molecule is COc1ccc(NC(=S)N2C[CH]C2)cn1. The minimum absolute atomic E-state index is 0.601. The molecular weight excluding hydrogens is 210 g/mol. The highest BCUT2D eigenvalue weighted by Crippen LogP contribution is 2.13. The molecule has 79 valence electrons. The summed E-state index contributed by atoms with van der Waals surface area (Å²) in [6.45, 7) is 1.85. The fourth-order valence-corrected chi connectivity index (χ4v) is 1.47. The Morgan fingerprint density at radius 1 is 1.53 bits per heavy atom. The van der Waals surface area contributed by atoms with E-state index in [9.17, 15) is 0 Å². The van der Waals surface area contributed by atoms with Gasteiger partial charge in [0, 0.05) is 25.6 Å². The lowest BCUT2D eigenvalue weighted by atomic mass is 10.2. The van der Waals surface area contributed by atoms with Crippen molar-refractivity contribution in [3.8, 4) is 5.88 Å². The van der Waals surface area contributed by atoms with Crippen LogP contribution in [0, 0.1) is 6.42 Å². The first-order valence-electron chi connectivity index (χ1n) is 4.67. The third kappa shape index (κ3) is 2.36. The first-order chi connectivity index (χ1) is 7.29. The summed E-state index contributed by atoms with van der Waals surface area (Å²) in [5.74, 6) is 0.601. The number of likely N-dealkylation sites (tertiary alicyclic amines) is 1. The Labute approximate surface area is 94.3 Å². The Balaban J connectivity index is 1.94. The van der Waals surface area contributed by atoms with Crippen LogP contribution in [0.4, 0.5) is 5.69 Å². The number of hydrogen-bond donors (Lipinski definition) is 1. The van der Waals surface area contributed by atoms with Crippen molar-refractivity contribution < 1.29 is 4.74 Å². The second kappa shape index (κ2) is 4.44. The van der Waals surface area contributed by atoms with Crippen LogP contribution in [0.3, 0.4) is 0 Å². The Kier molecular flexibility index (Phi) is 3.01. The molecule has 4 nitrogen and oxygen atoms in total. The Hall–Kier alpha value is -1.36. The van der Waals surface area contributed by atoms with Crippen LogP contribution in [0.2, 0.25) is 0 Å². The summed E-state index contributed by atoms with van der Waals surface area (Å²) in [5, 5.41) is 3.85. The number of nitrogens with one attached hydrogen (secondary N) is 1. The summed E-state index contributed by atoms with van der Waals surface area (Å²) in [6, 6.07) is 3.69. The lowest BCUT2D eigenvalue weighted by Crippen LogP contribution is -2.44. The molecule has 1 aliphatic heterocycles. The number of hydrogen-bond acceptors (Lipinski definition) is 3. The molecule has 1 N–H and O–H groups in total. The van der Waals surface area contributed by atoms with Crippen LogP contribution in [-0.4, -0.2) is 35.2 Å². The van der Waals surface area contributed by atoms with E-state index in [1.54, 1.807) is 19.4 Å². The molecule has 1 aromatic heterocycles. The second-order valence-corrected chi connectivity index (χ2v) is 3.60. The second-order valence-electron chi connectivity index (χ2n) is 3.21. The lowest BCUT2D eigenvalue weighted by molar-refractivity contribution is 0.392. The smallest absolute Gasteiger partial charge is 0.213 e. The third-order valence-electron chi connectivity index (χ3n) is 2.18. The molecule has 0 saturated carbocycles. The van der Waals surface area contributed by atoms with E-state index in [1.165, 1.54) is 0 Å². The van der Waals surface area contributed by atoms with Gasteiger partial charge >= 0.3 is 0 Å². The topological polar surface area (TPSA) is 37.4 Å². The van der Waals surface area contributed by atoms with Gasteiger partial charge in [-0.1, -0.05) is 0 Å². The normalized spacial score (nSPS) is 14.3. The van der Waals surface area contributed by atoms with Crippen LogP contribution >= 0.6 is 12.2 Å². The first kappa shape index (κ1) is 10.2. The van der Waals surface area contributed by atoms with Crippen LogP contribution in [0.1, 0.15) is 0 Å². The Morgan fingerprint density at radius 2 is 2.33 bits per heavy atom. The molecule has 1 aromatic rings. The zero-order valence-electron chi connectivity index (χ0n) is 8.43. The van der Waals surface area contributed by atoms with Gasteiger partial charge in [0.05, 0.1) is 19.0 Å². The van der Waals surface area contributed by atoms with Crippen LogP contribution in [-0.2, 0) is 0 Å². The van der Waals surface area contributed by atoms with Gasteiger partial charge in [-0.2, -0.15) is 0 Å². The van der Waals surface area contributed by atoms with E-state index in [1.807, 2.05) is 6.07 Å². The van der Waals surface area contributed by atoms with Crippen molar-refractivity contribution in [2.75, 3.05) is 25.5 Å². The third-order valence-corrected chi connectivity index (χ3v) is 2.54. The molecule has 0 bridgehead atoms. The van der Waals surface area contributed by atoms with Crippen molar-refractivity contribution in [1.29, 1.82) is 0 Å². The minimum Gasteiger partial charge on any atom is -0.481 e. The average molecular weight is 222 g/mol. The molecule has 1 radical (unpaired) electrons. The van der Waals surface area contributed by atoms with E-state index in [0.717, 1.165) is 23.9 Å². The highest BCUT2D eigenvalue weighted by atomic mass is 32.1. The summed E-state index contributed by atoms with van der Waals surface area (Å²) in [6.07, 6.45) is 3.87. The molecule has 5 heteroatoms. The summed E-state index contributed by atoms with van der Waals surface area (Å²) in [7, 11) is 1.59. The van der Waals surface area contributed by atoms with Crippen molar-refractivity contribution in [3.63, 3.8) is 0 Å². The van der Waals surface area contributed by atoms with Crippen LogP contribution < -0.4 is 10.1 Å². The standard InChI is InChI=1S/C10H12N3OS/c1-14-9-4-3-8(7-11-9)12-10(15)13-5-2-6-13/h2-4,7H,5-6H2,1H3,(H,12,15). The van der Waals surface area contributed by atoms with Gasteiger partial charge in [-0.15, -0.1) is 0 Å². The van der Waals surface area contributed by atoms with E-state index in [-0.39, 0.29) is 0 Å². The molecule has 15 heavy (non-hydrogen) atoms. The molecule has 0 unspecified atom stereocenters. The minimum atomic E-state index is 0.601. The predicted octanol–water partition coefficient (Wildman–Crippen LogP) is 1.31. The largest absolute Gasteiger partial charge is 0.481 e. The van der Waals surface area contributed by atoms with Crippen molar-refractivity contribution in [1.82, 2.24) is 9.88 Å². The molecule has 2 rings (SSSR count). The molecule has 0 aliphatic carbocycles. The van der Waals surface area contributed by atoms with Gasteiger partial charge in [-0.05, 0) is 18.3 Å². The maximum absolute atomic E-state index is 5.21. The van der Waals surface area contributed by atoms with Gasteiger partial charge in [0.1, 0.15) is 0 Å². The average Bonchev–Trinajstić information content (AvgIpc) is 2.16. The van der Waals surface area contributed by atoms with Gasteiger partial charge in [0.2, 0.25) is 5.88 Å². The number of pyridine rings is 1. The molecule has 1 fully saturated rings. The maximum Gasteiger partial charge on any atom is 0.213 e.